The molecule has 1 aliphatic carbocycles. The van der Waals surface area contributed by atoms with E-state index in [1.807, 2.05) is 19.1 Å². The number of hydrogen-bond donors (Lipinski definition) is 2. The van der Waals surface area contributed by atoms with Crippen LogP contribution >= 0.6 is 7.37 Å². The molecule has 1 aromatic rings. The van der Waals surface area contributed by atoms with Gasteiger partial charge in [0.05, 0.1) is 12.2 Å². The Bertz CT molecular complexity index is 831. The molecule has 1 fully saturated rings. The van der Waals surface area contributed by atoms with Gasteiger partial charge in [-0.2, -0.15) is 0 Å². The summed E-state index contributed by atoms with van der Waals surface area (Å²) in [6.45, 7) is 1.86. The number of carbonyl (C=O) groups excluding carboxylic acids is 1. The molecule has 1 aromatic carbocycles. The summed E-state index contributed by atoms with van der Waals surface area (Å²) in [6.07, 6.45) is 8.54. The number of Topliss-reactive ketones (excluding diaryl/α,β-unsaturated/α-hetero) is 1. The van der Waals surface area contributed by atoms with Crippen LogP contribution in [0.15, 0.2) is 30.4 Å². The van der Waals surface area contributed by atoms with E-state index >= 15 is 0 Å². The number of aliphatic hydroxyl groups is 2. The molecule has 5 atom stereocenters. The van der Waals surface area contributed by atoms with Gasteiger partial charge in [0.2, 0.25) is 7.37 Å². The molecule has 0 amide bonds. The van der Waals surface area contributed by atoms with Gasteiger partial charge in [0.1, 0.15) is 17.4 Å². The second-order valence-electron chi connectivity index (χ2n) is 9.30. The normalized spacial score (nSPS) is 23.5. The van der Waals surface area contributed by atoms with Crippen LogP contribution in [-0.4, -0.2) is 47.6 Å². The average molecular weight is 501 g/mol. The Morgan fingerprint density at radius 1 is 1.18 bits per heavy atom. The van der Waals surface area contributed by atoms with Crippen molar-refractivity contribution in [3.63, 3.8) is 0 Å². The first kappa shape index (κ1) is 28.8. The summed E-state index contributed by atoms with van der Waals surface area (Å²) in [6, 6.07) is 3.44. The van der Waals surface area contributed by atoms with Crippen LogP contribution in [0.1, 0.15) is 63.9 Å². The third-order valence-electron chi connectivity index (χ3n) is 6.83. The molecule has 0 spiro atoms. The van der Waals surface area contributed by atoms with Gasteiger partial charge in [-0.15, -0.1) is 0 Å². The molecule has 0 aliphatic heterocycles. The zero-order valence-electron chi connectivity index (χ0n) is 20.3. The number of carbonyl (C=O) groups is 1. The highest BCUT2D eigenvalue weighted by atomic mass is 31.2. The summed E-state index contributed by atoms with van der Waals surface area (Å²) in [5.41, 5.74) is 0.563. The molecule has 34 heavy (non-hydrogen) atoms. The highest BCUT2D eigenvalue weighted by Crippen LogP contribution is 2.46. The van der Waals surface area contributed by atoms with Gasteiger partial charge in [-0.1, -0.05) is 19.1 Å². The fraction of sp³-hybridized carbons (Fsp3) is 0.654. The second kappa shape index (κ2) is 14.2. The third kappa shape index (κ3) is 9.33. The summed E-state index contributed by atoms with van der Waals surface area (Å²) in [4.78, 5) is 12.4. The number of rotatable bonds is 15. The van der Waals surface area contributed by atoms with E-state index in [0.717, 1.165) is 18.9 Å². The van der Waals surface area contributed by atoms with Crippen molar-refractivity contribution in [2.75, 3.05) is 19.4 Å². The molecule has 0 heterocycles. The first-order valence-electron chi connectivity index (χ1n) is 12.3. The lowest BCUT2D eigenvalue weighted by Gasteiger charge is -2.21. The lowest BCUT2D eigenvalue weighted by Crippen LogP contribution is -2.22. The van der Waals surface area contributed by atoms with Crippen molar-refractivity contribution in [3.8, 4) is 0 Å². The number of hydrogen-bond acceptors (Lipinski definition) is 5. The Labute approximate surface area is 202 Å². The van der Waals surface area contributed by atoms with E-state index in [4.69, 9.17) is 4.52 Å². The molecule has 1 unspecified atom stereocenters. The van der Waals surface area contributed by atoms with E-state index in [1.165, 1.54) is 19.2 Å². The van der Waals surface area contributed by atoms with Crippen LogP contribution < -0.4 is 0 Å². The van der Waals surface area contributed by atoms with Gasteiger partial charge in [-0.3, -0.25) is 9.36 Å². The summed E-state index contributed by atoms with van der Waals surface area (Å²) in [5.74, 6) is -1.59. The van der Waals surface area contributed by atoms with Crippen LogP contribution in [0.2, 0.25) is 0 Å². The first-order valence-corrected chi connectivity index (χ1v) is 14.3. The molecule has 2 rings (SSSR count). The van der Waals surface area contributed by atoms with Crippen molar-refractivity contribution >= 4 is 13.2 Å². The minimum Gasteiger partial charge on any atom is -0.393 e. The third-order valence-corrected chi connectivity index (χ3v) is 9.46. The van der Waals surface area contributed by atoms with E-state index in [-0.39, 0.29) is 24.0 Å². The quantitative estimate of drug-likeness (QED) is 0.184. The summed E-state index contributed by atoms with van der Waals surface area (Å²) in [5, 5.41) is 20.7. The van der Waals surface area contributed by atoms with E-state index < -0.39 is 31.2 Å². The molecule has 8 heteroatoms. The van der Waals surface area contributed by atoms with Crippen LogP contribution in [0, 0.1) is 23.5 Å². The zero-order chi connectivity index (χ0) is 25.1. The van der Waals surface area contributed by atoms with Crippen molar-refractivity contribution < 1.29 is 32.9 Å². The Hall–Kier alpha value is -1.40. The summed E-state index contributed by atoms with van der Waals surface area (Å²) >= 11 is 0. The van der Waals surface area contributed by atoms with Crippen LogP contribution in [0.4, 0.5) is 8.78 Å². The maximum absolute atomic E-state index is 13.3. The number of unbranched alkanes of at least 4 members (excludes halogenated alkanes) is 1. The fourth-order valence-electron chi connectivity index (χ4n) is 4.73. The molecule has 192 valence electrons. The maximum atomic E-state index is 13.3. The van der Waals surface area contributed by atoms with Crippen LogP contribution in [0.25, 0.3) is 0 Å². The molecule has 2 N–H and O–H groups in total. The van der Waals surface area contributed by atoms with Crippen LogP contribution in [0.3, 0.4) is 0 Å². The highest BCUT2D eigenvalue weighted by Gasteiger charge is 2.40. The average Bonchev–Trinajstić information content (AvgIpc) is 3.05. The van der Waals surface area contributed by atoms with E-state index in [2.05, 4.69) is 0 Å². The number of benzene rings is 1. The zero-order valence-corrected chi connectivity index (χ0v) is 21.2. The Balaban J connectivity index is 1.74. The highest BCUT2D eigenvalue weighted by molar-refractivity contribution is 7.58. The fourth-order valence-corrected chi connectivity index (χ4v) is 6.15. The van der Waals surface area contributed by atoms with Gasteiger partial charge in [0.15, 0.2) is 0 Å². The lowest BCUT2D eigenvalue weighted by atomic mass is 9.86. The van der Waals surface area contributed by atoms with E-state index in [1.54, 1.807) is 0 Å². The van der Waals surface area contributed by atoms with Crippen LogP contribution in [0.5, 0.6) is 0 Å². The number of aryl methyl sites for hydroxylation is 1. The van der Waals surface area contributed by atoms with Crippen molar-refractivity contribution in [2.45, 2.75) is 76.9 Å². The van der Waals surface area contributed by atoms with E-state index in [9.17, 15) is 28.4 Å². The molecular formula is C26H39F2O5P. The number of ketones is 1. The molecule has 5 nitrogen and oxygen atoms in total. The van der Waals surface area contributed by atoms with Gasteiger partial charge in [0.25, 0.3) is 0 Å². The minimum atomic E-state index is -2.51. The molecule has 0 saturated heterocycles. The van der Waals surface area contributed by atoms with E-state index in [0.29, 0.717) is 56.4 Å². The van der Waals surface area contributed by atoms with Crippen molar-refractivity contribution in [1.29, 1.82) is 0 Å². The monoisotopic (exact) mass is 500 g/mol. The predicted molar refractivity (Wildman–Crippen MR) is 130 cm³/mol. The second-order valence-corrected chi connectivity index (χ2v) is 12.4. The Morgan fingerprint density at radius 3 is 2.53 bits per heavy atom. The summed E-state index contributed by atoms with van der Waals surface area (Å²) < 4.78 is 43.9. The summed E-state index contributed by atoms with van der Waals surface area (Å²) in [7, 11) is -1.02. The minimum absolute atomic E-state index is 0.0552. The molecule has 0 radical (unpaired) electrons. The van der Waals surface area contributed by atoms with Crippen molar-refractivity contribution in [3.05, 3.63) is 47.5 Å². The molecular weight excluding hydrogens is 461 g/mol. The molecule has 1 aliphatic rings. The number of halogens is 2. The number of allylic oxidation sites excluding steroid dienone is 2. The van der Waals surface area contributed by atoms with Gasteiger partial charge in [-0.05, 0) is 75.0 Å². The van der Waals surface area contributed by atoms with Crippen molar-refractivity contribution in [2.24, 2.45) is 11.8 Å². The Morgan fingerprint density at radius 2 is 1.88 bits per heavy atom. The standard InChI is InChI=1S/C26H39F2O5P/c1-3-34(32,33-2)14-7-5-4-6-11-23-24(26(31)18-25(23)30)13-12-22(29)10-8-9-19-15-20(27)17-21(28)16-19/h4,6,15-17,22-24,26,29,31H,3,5,7-14,18H2,1-2H3/b6-4-/t22-,23+,24+,26+,34?/m0/s1. The molecule has 0 aromatic heterocycles. The van der Waals surface area contributed by atoms with Gasteiger partial charge < -0.3 is 14.7 Å². The Kier molecular flexibility index (Phi) is 12.1. The molecule has 1 saturated carbocycles. The molecule has 0 bridgehead atoms. The van der Waals surface area contributed by atoms with Gasteiger partial charge >= 0.3 is 0 Å². The topological polar surface area (TPSA) is 83.8 Å². The van der Waals surface area contributed by atoms with Crippen molar-refractivity contribution in [1.82, 2.24) is 0 Å². The lowest BCUT2D eigenvalue weighted by molar-refractivity contribution is -0.121. The van der Waals surface area contributed by atoms with Gasteiger partial charge in [0, 0.05) is 37.8 Å². The largest absolute Gasteiger partial charge is 0.393 e. The smallest absolute Gasteiger partial charge is 0.202 e. The SMILES string of the molecule is CCP(=O)(CCC/C=C\C[C@H]1C(=O)C[C@@H](O)[C@@H]1CC[C@@H](O)CCCc1cc(F)cc(F)c1)OC. The number of aliphatic hydroxyl groups excluding tert-OH is 2. The predicted octanol–water partition coefficient (Wildman–Crippen LogP) is 5.67. The van der Waals surface area contributed by atoms with Gasteiger partial charge in [-0.25, -0.2) is 8.78 Å². The van der Waals surface area contributed by atoms with Crippen LogP contribution in [-0.2, 0) is 20.3 Å². The maximum Gasteiger partial charge on any atom is 0.202 e. The first-order chi connectivity index (χ1) is 16.2.